The first-order chi connectivity index (χ1) is 12.2. The van der Waals surface area contributed by atoms with Gasteiger partial charge in [-0.1, -0.05) is 0 Å². The number of nitrogens with one attached hydrogen (secondary N) is 1. The van der Waals surface area contributed by atoms with E-state index in [0.717, 1.165) is 38.7 Å². The number of ether oxygens (including phenoxy) is 1. The molecule has 4 heterocycles. The zero-order chi connectivity index (χ0) is 17.6. The lowest BCUT2D eigenvalue weighted by Gasteiger charge is -2.47. The number of piperazine rings is 4. The summed E-state index contributed by atoms with van der Waals surface area (Å²) in [5.74, 6) is 0.976. The third-order valence-corrected chi connectivity index (χ3v) is 5.28. The molecule has 4 aliphatic rings. The number of amides is 1. The molecule has 4 saturated heterocycles. The molecule has 0 spiro atoms. The molecule has 4 aliphatic heterocycles. The summed E-state index contributed by atoms with van der Waals surface area (Å²) in [6.07, 6.45) is -0.204. The Morgan fingerprint density at radius 1 is 1.04 bits per heavy atom. The monoisotopic (exact) mass is 352 g/mol. The second kappa shape index (κ2) is 8.71. The van der Waals surface area contributed by atoms with Crippen LogP contribution in [0.1, 0.15) is 13.8 Å². The van der Waals surface area contributed by atoms with E-state index < -0.39 is 0 Å². The Kier molecular flexibility index (Phi) is 6.36. The number of carbonyl (C=O) groups excluding carboxylic acids is 1. The number of guanidine groups is 1. The van der Waals surface area contributed by atoms with E-state index >= 15 is 0 Å². The molecule has 1 amide bonds. The van der Waals surface area contributed by atoms with E-state index in [2.05, 4.69) is 26.9 Å². The van der Waals surface area contributed by atoms with E-state index in [4.69, 9.17) is 9.73 Å². The molecule has 142 valence electrons. The fourth-order valence-electron chi connectivity index (χ4n) is 3.83. The predicted octanol–water partition coefficient (Wildman–Crippen LogP) is -0.274. The van der Waals surface area contributed by atoms with E-state index in [0.29, 0.717) is 25.7 Å². The van der Waals surface area contributed by atoms with Gasteiger partial charge >= 0.3 is 6.09 Å². The van der Waals surface area contributed by atoms with E-state index in [9.17, 15) is 4.79 Å². The average Bonchev–Trinajstić information content (AvgIpc) is 2.66. The molecule has 25 heavy (non-hydrogen) atoms. The number of nitrogens with zero attached hydrogens (tertiary/aromatic N) is 5. The first-order valence-corrected chi connectivity index (χ1v) is 9.62. The van der Waals surface area contributed by atoms with Crippen molar-refractivity contribution < 1.29 is 9.53 Å². The van der Waals surface area contributed by atoms with Crippen LogP contribution in [0.15, 0.2) is 4.99 Å². The minimum atomic E-state index is -0.204. The van der Waals surface area contributed by atoms with Crippen LogP contribution < -0.4 is 5.32 Å². The zero-order valence-electron chi connectivity index (χ0n) is 15.6. The van der Waals surface area contributed by atoms with Crippen LogP contribution in [-0.2, 0) is 4.74 Å². The van der Waals surface area contributed by atoms with Crippen LogP contribution in [0.3, 0.4) is 0 Å². The van der Waals surface area contributed by atoms with E-state index in [1.807, 2.05) is 6.92 Å². The van der Waals surface area contributed by atoms with E-state index in [1.165, 1.54) is 26.2 Å². The molecule has 4 rings (SSSR count). The quantitative estimate of drug-likeness (QED) is 0.555. The van der Waals surface area contributed by atoms with Gasteiger partial charge in [-0.25, -0.2) is 4.79 Å². The van der Waals surface area contributed by atoms with Crippen molar-refractivity contribution in [2.24, 2.45) is 4.99 Å². The van der Waals surface area contributed by atoms with Crippen LogP contribution in [0.4, 0.5) is 4.79 Å². The third kappa shape index (κ3) is 4.55. The first kappa shape index (κ1) is 18.3. The zero-order valence-corrected chi connectivity index (χ0v) is 15.6. The summed E-state index contributed by atoms with van der Waals surface area (Å²) in [7, 11) is 0. The predicted molar refractivity (Wildman–Crippen MR) is 97.9 cm³/mol. The largest absolute Gasteiger partial charge is 0.450 e. The van der Waals surface area contributed by atoms with Crippen LogP contribution in [0.25, 0.3) is 0 Å². The lowest BCUT2D eigenvalue weighted by molar-refractivity contribution is 0.0173. The van der Waals surface area contributed by atoms with Gasteiger partial charge in [-0.2, -0.15) is 0 Å². The van der Waals surface area contributed by atoms with Gasteiger partial charge in [-0.15, -0.1) is 0 Å². The number of carbonyl (C=O) groups is 1. The molecule has 0 aliphatic carbocycles. The minimum absolute atomic E-state index is 0.204. The van der Waals surface area contributed by atoms with Gasteiger partial charge in [0.1, 0.15) is 0 Å². The summed E-state index contributed by atoms with van der Waals surface area (Å²) in [4.78, 5) is 25.9. The Bertz CT molecular complexity index is 470. The Hall–Kier alpha value is -1.54. The number of fused-ring (bicyclic) bond motifs is 3. The molecule has 0 saturated carbocycles. The molecule has 8 nitrogen and oxygen atoms in total. The molecule has 0 aromatic carbocycles. The number of aliphatic imine (C=N–C) groups is 1. The Morgan fingerprint density at radius 2 is 1.72 bits per heavy atom. The summed E-state index contributed by atoms with van der Waals surface area (Å²) >= 11 is 0. The van der Waals surface area contributed by atoms with Gasteiger partial charge in [-0.3, -0.25) is 14.8 Å². The first-order valence-electron chi connectivity index (χ1n) is 9.62. The second-order valence-corrected chi connectivity index (χ2v) is 6.86. The van der Waals surface area contributed by atoms with Crippen LogP contribution in [0, 0.1) is 0 Å². The Morgan fingerprint density at radius 3 is 2.28 bits per heavy atom. The molecule has 1 atom stereocenters. The van der Waals surface area contributed by atoms with E-state index in [-0.39, 0.29) is 6.09 Å². The molecule has 1 N–H and O–H groups in total. The van der Waals surface area contributed by atoms with Crippen LogP contribution >= 0.6 is 0 Å². The molecular weight excluding hydrogens is 320 g/mol. The molecule has 8 heteroatoms. The van der Waals surface area contributed by atoms with Crippen molar-refractivity contribution in [2.75, 3.05) is 78.6 Å². The van der Waals surface area contributed by atoms with Gasteiger partial charge in [0.15, 0.2) is 5.96 Å². The van der Waals surface area contributed by atoms with Crippen molar-refractivity contribution in [3.05, 3.63) is 0 Å². The Balaban J connectivity index is 1.53. The van der Waals surface area contributed by atoms with Crippen molar-refractivity contribution in [3.63, 3.8) is 0 Å². The lowest BCUT2D eigenvalue weighted by atomic mass is 10.1. The van der Waals surface area contributed by atoms with Crippen molar-refractivity contribution in [1.82, 2.24) is 24.9 Å². The SMILES string of the molecule is CCNC(=NCC1CN2CCN1CC2)N1CCN(C(=O)OCC)CC1. The molecule has 2 bridgehead atoms. The van der Waals surface area contributed by atoms with Crippen LogP contribution in [-0.4, -0.2) is 116 Å². The van der Waals surface area contributed by atoms with Gasteiger partial charge in [0.05, 0.1) is 13.2 Å². The summed E-state index contributed by atoms with van der Waals surface area (Å²) in [5.41, 5.74) is 0. The van der Waals surface area contributed by atoms with E-state index in [1.54, 1.807) is 4.90 Å². The average molecular weight is 352 g/mol. The maximum Gasteiger partial charge on any atom is 0.409 e. The topological polar surface area (TPSA) is 63.7 Å². The van der Waals surface area contributed by atoms with Crippen LogP contribution in [0.5, 0.6) is 0 Å². The molecule has 0 radical (unpaired) electrons. The van der Waals surface area contributed by atoms with Gasteiger partial charge in [-0.05, 0) is 13.8 Å². The number of hydrogen-bond acceptors (Lipinski definition) is 5. The van der Waals surface area contributed by atoms with Gasteiger partial charge in [0.25, 0.3) is 0 Å². The smallest absolute Gasteiger partial charge is 0.409 e. The Labute approximate surface area is 150 Å². The number of hydrogen-bond donors (Lipinski definition) is 1. The summed E-state index contributed by atoms with van der Waals surface area (Å²) < 4.78 is 5.09. The number of rotatable bonds is 4. The lowest BCUT2D eigenvalue weighted by Crippen LogP contribution is -2.62. The maximum absolute atomic E-state index is 11.8. The molecule has 0 aromatic heterocycles. The molecule has 4 fully saturated rings. The highest BCUT2D eigenvalue weighted by atomic mass is 16.6. The van der Waals surface area contributed by atoms with Crippen molar-refractivity contribution in [3.8, 4) is 0 Å². The summed E-state index contributed by atoms with van der Waals surface area (Å²) in [6, 6.07) is 0.539. The highest BCUT2D eigenvalue weighted by Crippen LogP contribution is 2.16. The molecule has 1 unspecified atom stereocenters. The summed E-state index contributed by atoms with van der Waals surface area (Å²) in [5, 5.41) is 3.41. The summed E-state index contributed by atoms with van der Waals surface area (Å²) in [6.45, 7) is 14.9. The van der Waals surface area contributed by atoms with Gasteiger partial charge in [0.2, 0.25) is 0 Å². The minimum Gasteiger partial charge on any atom is -0.450 e. The normalized spacial score (nSPS) is 29.7. The molecule has 0 aromatic rings. The van der Waals surface area contributed by atoms with Crippen molar-refractivity contribution >= 4 is 12.1 Å². The van der Waals surface area contributed by atoms with Crippen molar-refractivity contribution in [1.29, 1.82) is 0 Å². The molecular formula is C17H32N6O2. The third-order valence-electron chi connectivity index (χ3n) is 5.28. The fourth-order valence-corrected chi connectivity index (χ4v) is 3.83. The second-order valence-electron chi connectivity index (χ2n) is 6.86. The highest BCUT2D eigenvalue weighted by molar-refractivity contribution is 5.80. The fraction of sp³-hybridized carbons (Fsp3) is 0.882. The van der Waals surface area contributed by atoms with Crippen LogP contribution in [0.2, 0.25) is 0 Å². The maximum atomic E-state index is 11.8. The van der Waals surface area contributed by atoms with Gasteiger partial charge < -0.3 is 19.9 Å². The van der Waals surface area contributed by atoms with Gasteiger partial charge in [0, 0.05) is 71.5 Å². The standard InChI is InChI=1S/C17H32N6O2/c1-3-18-16(19-13-15-14-20-5-7-21(15)8-6-20)22-9-11-23(12-10-22)17(24)25-4-2/h15H,3-14H2,1-2H3,(H,18,19). The van der Waals surface area contributed by atoms with Crippen molar-refractivity contribution in [2.45, 2.75) is 19.9 Å². The highest BCUT2D eigenvalue weighted by Gasteiger charge is 2.32.